The minimum absolute atomic E-state index is 0.163. The summed E-state index contributed by atoms with van der Waals surface area (Å²) in [6.45, 7) is 1.71. The molecule has 1 atom stereocenters. The second-order valence-electron chi connectivity index (χ2n) is 7.50. The van der Waals surface area contributed by atoms with E-state index in [0.717, 1.165) is 37.7 Å². The lowest BCUT2D eigenvalue weighted by molar-refractivity contribution is -0.122. The van der Waals surface area contributed by atoms with Crippen LogP contribution in [0.5, 0.6) is 0 Å². The number of hydrogen-bond acceptors (Lipinski definition) is 3. The van der Waals surface area contributed by atoms with Gasteiger partial charge in [0.2, 0.25) is 15.9 Å². The van der Waals surface area contributed by atoms with Crippen LogP contribution in [0.3, 0.4) is 0 Å². The molecule has 0 spiro atoms. The van der Waals surface area contributed by atoms with Gasteiger partial charge in [-0.1, -0.05) is 61.2 Å². The molecule has 0 bridgehead atoms. The topological polar surface area (TPSA) is 66.5 Å². The average molecular weight is 435 g/mol. The predicted molar refractivity (Wildman–Crippen MR) is 115 cm³/mol. The molecule has 7 heteroatoms. The Morgan fingerprint density at radius 3 is 2.31 bits per heavy atom. The third-order valence-corrected chi connectivity index (χ3v) is 7.54. The van der Waals surface area contributed by atoms with Crippen molar-refractivity contribution >= 4 is 27.5 Å². The van der Waals surface area contributed by atoms with Gasteiger partial charge >= 0.3 is 0 Å². The van der Waals surface area contributed by atoms with E-state index >= 15 is 0 Å². The highest BCUT2D eigenvalue weighted by Gasteiger charge is 2.34. The highest BCUT2D eigenvalue weighted by Crippen LogP contribution is 2.28. The van der Waals surface area contributed by atoms with E-state index in [9.17, 15) is 13.2 Å². The van der Waals surface area contributed by atoms with Gasteiger partial charge in [0.15, 0.2) is 0 Å². The summed E-state index contributed by atoms with van der Waals surface area (Å²) in [6, 6.07) is 15.4. The molecule has 29 heavy (non-hydrogen) atoms. The monoisotopic (exact) mass is 434 g/mol. The molecule has 1 aliphatic rings. The lowest BCUT2D eigenvalue weighted by Gasteiger charge is -2.33. The first-order chi connectivity index (χ1) is 13.9. The zero-order valence-electron chi connectivity index (χ0n) is 16.6. The Bertz CT molecular complexity index is 911. The minimum atomic E-state index is -3.80. The Balaban J connectivity index is 1.80. The smallest absolute Gasteiger partial charge is 0.243 e. The van der Waals surface area contributed by atoms with E-state index in [-0.39, 0.29) is 29.4 Å². The zero-order chi connectivity index (χ0) is 20.9. The fourth-order valence-corrected chi connectivity index (χ4v) is 5.54. The van der Waals surface area contributed by atoms with E-state index in [1.54, 1.807) is 12.1 Å². The Labute approximate surface area is 178 Å². The maximum absolute atomic E-state index is 13.3. The second-order valence-corrected chi connectivity index (χ2v) is 9.82. The van der Waals surface area contributed by atoms with Gasteiger partial charge in [0.05, 0.1) is 17.5 Å². The van der Waals surface area contributed by atoms with Crippen LogP contribution in [0.4, 0.5) is 0 Å². The van der Waals surface area contributed by atoms with Crippen molar-refractivity contribution in [1.82, 2.24) is 9.62 Å². The molecule has 1 amide bonds. The van der Waals surface area contributed by atoms with Gasteiger partial charge in [-0.2, -0.15) is 4.31 Å². The van der Waals surface area contributed by atoms with Gasteiger partial charge < -0.3 is 5.32 Å². The van der Waals surface area contributed by atoms with E-state index in [0.29, 0.717) is 5.02 Å². The molecule has 3 rings (SSSR count). The Hall–Kier alpha value is -1.89. The van der Waals surface area contributed by atoms with Crippen molar-refractivity contribution < 1.29 is 13.2 Å². The van der Waals surface area contributed by atoms with Crippen molar-refractivity contribution in [1.29, 1.82) is 0 Å². The number of rotatable bonds is 7. The fourth-order valence-electron chi connectivity index (χ4n) is 3.78. The third kappa shape index (κ3) is 5.59. The molecule has 2 aromatic rings. The maximum Gasteiger partial charge on any atom is 0.243 e. The number of sulfonamides is 1. The number of hydrogen-bond donors (Lipinski definition) is 1. The Morgan fingerprint density at radius 2 is 1.69 bits per heavy atom. The molecule has 0 radical (unpaired) electrons. The summed E-state index contributed by atoms with van der Waals surface area (Å²) < 4.78 is 28.1. The summed E-state index contributed by atoms with van der Waals surface area (Å²) >= 11 is 5.92. The summed E-state index contributed by atoms with van der Waals surface area (Å²) in [6.07, 6.45) is 4.59. The van der Waals surface area contributed by atoms with Crippen LogP contribution in [0.2, 0.25) is 5.02 Å². The highest BCUT2D eigenvalue weighted by molar-refractivity contribution is 7.89. The minimum Gasteiger partial charge on any atom is -0.348 e. The predicted octanol–water partition coefficient (Wildman–Crippen LogP) is 4.54. The number of halogens is 1. The number of amides is 1. The van der Waals surface area contributed by atoms with Crippen molar-refractivity contribution in [2.24, 2.45) is 0 Å². The van der Waals surface area contributed by atoms with Crippen LogP contribution in [0, 0.1) is 0 Å². The van der Waals surface area contributed by atoms with E-state index < -0.39 is 10.0 Å². The molecule has 0 aromatic heterocycles. The molecule has 1 N–H and O–H groups in total. The van der Waals surface area contributed by atoms with E-state index in [4.69, 9.17) is 11.6 Å². The van der Waals surface area contributed by atoms with Gasteiger partial charge in [0.25, 0.3) is 0 Å². The molecule has 1 aliphatic carbocycles. The normalized spacial score (nSPS) is 16.5. The van der Waals surface area contributed by atoms with Crippen molar-refractivity contribution in [2.45, 2.75) is 56.0 Å². The molecule has 1 fully saturated rings. The van der Waals surface area contributed by atoms with E-state index in [1.807, 2.05) is 37.3 Å². The van der Waals surface area contributed by atoms with E-state index in [2.05, 4.69) is 5.32 Å². The lowest BCUT2D eigenvalue weighted by Crippen LogP contribution is -2.47. The number of nitrogens with zero attached hydrogens (tertiary/aromatic N) is 1. The summed E-state index contributed by atoms with van der Waals surface area (Å²) in [4.78, 5) is 12.9. The van der Waals surface area contributed by atoms with Gasteiger partial charge in [0.1, 0.15) is 0 Å². The zero-order valence-corrected chi connectivity index (χ0v) is 18.1. The summed E-state index contributed by atoms with van der Waals surface area (Å²) in [7, 11) is -3.80. The van der Waals surface area contributed by atoms with Crippen LogP contribution in [-0.4, -0.2) is 31.2 Å². The molecular weight excluding hydrogens is 408 g/mol. The molecule has 156 valence electrons. The maximum atomic E-state index is 13.3. The van der Waals surface area contributed by atoms with Crippen LogP contribution in [0.25, 0.3) is 0 Å². The van der Waals surface area contributed by atoms with Crippen LogP contribution in [0.1, 0.15) is 50.6 Å². The summed E-state index contributed by atoms with van der Waals surface area (Å²) in [5.41, 5.74) is 0.977. The number of nitrogens with one attached hydrogen (secondary N) is 1. The summed E-state index contributed by atoms with van der Waals surface area (Å²) in [5, 5.41) is 3.41. The summed E-state index contributed by atoms with van der Waals surface area (Å²) in [5.74, 6) is -0.301. The van der Waals surface area contributed by atoms with Gasteiger partial charge in [-0.3, -0.25) is 4.79 Å². The van der Waals surface area contributed by atoms with Gasteiger partial charge in [-0.25, -0.2) is 8.42 Å². The van der Waals surface area contributed by atoms with Crippen molar-refractivity contribution in [3.63, 3.8) is 0 Å². The fraction of sp³-hybridized carbons (Fsp3) is 0.409. The van der Waals surface area contributed by atoms with Crippen molar-refractivity contribution in [2.75, 3.05) is 6.54 Å². The Kier molecular flexibility index (Phi) is 7.33. The number of carbonyl (C=O) groups excluding carboxylic acids is 1. The van der Waals surface area contributed by atoms with Gasteiger partial charge in [0, 0.05) is 11.1 Å². The third-order valence-electron chi connectivity index (χ3n) is 5.38. The average Bonchev–Trinajstić information content (AvgIpc) is 2.73. The first-order valence-electron chi connectivity index (χ1n) is 9.99. The van der Waals surface area contributed by atoms with Crippen molar-refractivity contribution in [3.05, 3.63) is 65.2 Å². The van der Waals surface area contributed by atoms with Gasteiger partial charge in [-0.05, 0) is 49.6 Å². The molecule has 1 unspecified atom stereocenters. The molecule has 0 heterocycles. The van der Waals surface area contributed by atoms with Crippen LogP contribution in [-0.2, 0) is 14.8 Å². The van der Waals surface area contributed by atoms with Gasteiger partial charge in [-0.15, -0.1) is 0 Å². The second kappa shape index (κ2) is 9.74. The first kappa shape index (κ1) is 21.8. The SMILES string of the molecule is CC(NC(=O)CN(C1CCCCC1)S(=O)(=O)c1ccc(Cl)cc1)c1ccccc1. The van der Waals surface area contributed by atoms with Crippen LogP contribution >= 0.6 is 11.6 Å². The highest BCUT2D eigenvalue weighted by atomic mass is 35.5. The lowest BCUT2D eigenvalue weighted by atomic mass is 9.95. The van der Waals surface area contributed by atoms with Crippen LogP contribution in [0.15, 0.2) is 59.5 Å². The molecule has 1 saturated carbocycles. The molecule has 0 aliphatic heterocycles. The molecule has 0 saturated heterocycles. The van der Waals surface area contributed by atoms with Crippen LogP contribution < -0.4 is 5.32 Å². The van der Waals surface area contributed by atoms with Crippen molar-refractivity contribution in [3.8, 4) is 0 Å². The standard InChI is InChI=1S/C22H27ClN2O3S/c1-17(18-8-4-2-5-9-18)24-22(26)16-25(20-10-6-3-7-11-20)29(27,28)21-14-12-19(23)13-15-21/h2,4-5,8-9,12-15,17,20H,3,6-7,10-11,16H2,1H3,(H,24,26). The largest absolute Gasteiger partial charge is 0.348 e. The number of carbonyl (C=O) groups is 1. The first-order valence-corrected chi connectivity index (χ1v) is 11.8. The van der Waals surface area contributed by atoms with E-state index in [1.165, 1.54) is 16.4 Å². The Morgan fingerprint density at radius 1 is 1.07 bits per heavy atom. The number of benzene rings is 2. The quantitative estimate of drug-likeness (QED) is 0.695. The molecule has 2 aromatic carbocycles. The molecule has 5 nitrogen and oxygen atoms in total. The molecular formula is C22H27ClN2O3S.